The highest BCUT2D eigenvalue weighted by Crippen LogP contribution is 2.31. The van der Waals surface area contributed by atoms with Gasteiger partial charge in [0, 0.05) is 33.1 Å². The molecule has 13 heteroatoms. The fourth-order valence-corrected chi connectivity index (χ4v) is 4.48. The number of carbonyl (C=O) groups excluding carboxylic acids is 1. The predicted octanol–water partition coefficient (Wildman–Crippen LogP) is 3.01. The number of amides is 1. The molecule has 0 atom stereocenters. The number of methoxy groups -OCH3 is 1. The fraction of sp³-hybridized carbons (Fsp3) is 0.0500. The van der Waals surface area contributed by atoms with Crippen molar-refractivity contribution < 1.29 is 30.6 Å². The number of nitrogens with one attached hydrogen (secondary N) is 4. The van der Waals surface area contributed by atoms with Crippen LogP contribution in [0.5, 0.6) is 5.75 Å². The molecule has 0 aliphatic heterocycles. The first-order valence-corrected chi connectivity index (χ1v) is 12.5. The highest BCUT2D eigenvalue weighted by Gasteiger charge is 2.19. The molecule has 33 heavy (non-hydrogen) atoms. The van der Waals surface area contributed by atoms with Crippen molar-refractivity contribution in [2.45, 2.75) is 4.90 Å². The average Bonchev–Trinajstić information content (AvgIpc) is 2.80. The highest BCUT2D eigenvalue weighted by atomic mass is 127. The van der Waals surface area contributed by atoms with Crippen molar-refractivity contribution in [2.75, 3.05) is 20.7 Å². The van der Waals surface area contributed by atoms with Crippen molar-refractivity contribution >= 4 is 60.1 Å². The monoisotopic (exact) mass is 587 g/mol. The topological polar surface area (TPSA) is 145 Å². The van der Waals surface area contributed by atoms with Gasteiger partial charge in [0.05, 0.1) is 17.7 Å². The maximum Gasteiger partial charge on any atom is 0.290 e. The molecular weight excluding hydrogens is 570 g/mol. The Morgan fingerprint density at radius 3 is 2.52 bits per heavy atom. The lowest BCUT2D eigenvalue weighted by molar-refractivity contribution is -0.382. The molecule has 0 saturated carbocycles. The van der Waals surface area contributed by atoms with E-state index in [1.54, 1.807) is 6.07 Å². The van der Waals surface area contributed by atoms with Crippen molar-refractivity contribution in [2.24, 2.45) is 0 Å². The summed E-state index contributed by atoms with van der Waals surface area (Å²) in [5.74, 6) is -1.21. The number of benzene rings is 3. The van der Waals surface area contributed by atoms with Crippen LogP contribution in [0.1, 0.15) is 10.4 Å². The largest absolute Gasteiger partial charge is 0.495 e. The summed E-state index contributed by atoms with van der Waals surface area (Å²) in [6, 6.07) is 13.1. The number of ether oxygens (including phenoxy) is 1. The van der Waals surface area contributed by atoms with Crippen LogP contribution in [0.3, 0.4) is 0 Å². The van der Waals surface area contributed by atoms with Crippen molar-refractivity contribution in [1.29, 1.82) is 0 Å². The van der Waals surface area contributed by atoms with E-state index in [1.165, 1.54) is 48.7 Å². The van der Waals surface area contributed by atoms with Crippen molar-refractivity contribution in [1.82, 2.24) is 0 Å². The Bertz CT molecular complexity index is 1340. The van der Waals surface area contributed by atoms with E-state index in [-0.39, 0.29) is 33.3 Å². The molecule has 3 aromatic carbocycles. The highest BCUT2D eigenvalue weighted by molar-refractivity contribution is 14.1. The maximum atomic E-state index is 13.4. The van der Waals surface area contributed by atoms with Gasteiger partial charge in [-0.25, -0.2) is 11.5 Å². The minimum absolute atomic E-state index is 0.0114. The minimum Gasteiger partial charge on any atom is -0.495 e. The quantitative estimate of drug-likeness (QED) is 0.223. The summed E-state index contributed by atoms with van der Waals surface area (Å²) in [6.45, 7) is 0. The van der Waals surface area contributed by atoms with E-state index in [9.17, 15) is 25.6 Å². The molecule has 172 valence electrons. The summed E-state index contributed by atoms with van der Waals surface area (Å²) in [5.41, 5.74) is 0.353. The zero-order chi connectivity index (χ0) is 24.0. The number of nitroso groups, excluding NO2 is 1. The van der Waals surface area contributed by atoms with Crippen LogP contribution < -0.4 is 23.5 Å². The van der Waals surface area contributed by atoms with Gasteiger partial charge in [0.15, 0.2) is 5.82 Å². The molecule has 0 spiro atoms. The lowest BCUT2D eigenvalue weighted by atomic mass is 10.2. The summed E-state index contributed by atoms with van der Waals surface area (Å²) in [6.07, 6.45) is 0. The Labute approximate surface area is 198 Å². The third-order valence-electron chi connectivity index (χ3n) is 4.33. The summed E-state index contributed by atoms with van der Waals surface area (Å²) in [5, 5.41) is 3.90. The second kappa shape index (κ2) is 10.4. The number of rotatable bonds is 9. The number of carbonyl (C=O) groups is 1. The fourth-order valence-electron chi connectivity index (χ4n) is 2.78. The third-order valence-corrected chi connectivity index (χ3v) is 6.54. The average molecular weight is 587 g/mol. The van der Waals surface area contributed by atoms with Crippen LogP contribution in [-0.2, 0) is 13.1 Å². The number of hydrogen-bond acceptors (Lipinski definition) is 6. The first kappa shape index (κ1) is 24.2. The Morgan fingerprint density at radius 2 is 1.82 bits per heavy atom. The summed E-state index contributed by atoms with van der Waals surface area (Å²) < 4.78 is 60.4. The third kappa shape index (κ3) is 5.87. The van der Waals surface area contributed by atoms with Gasteiger partial charge in [-0.2, -0.15) is 4.39 Å². The van der Waals surface area contributed by atoms with Crippen molar-refractivity contribution in [3.8, 4) is 5.75 Å². The van der Waals surface area contributed by atoms with Gasteiger partial charge in [0.1, 0.15) is 5.75 Å². The lowest BCUT2D eigenvalue weighted by Gasteiger charge is -2.13. The van der Waals surface area contributed by atoms with Gasteiger partial charge in [-0.15, -0.1) is 0 Å². The molecule has 0 unspecified atom stereocenters. The van der Waals surface area contributed by atoms with E-state index in [1.807, 2.05) is 0 Å². The molecule has 3 aromatic rings. The van der Waals surface area contributed by atoms with Crippen LogP contribution in [0.2, 0.25) is 0 Å². The Morgan fingerprint density at radius 1 is 1.06 bits per heavy atom. The smallest absolute Gasteiger partial charge is 0.290 e. The minimum atomic E-state index is -4.13. The second-order valence-electron chi connectivity index (χ2n) is 6.47. The van der Waals surface area contributed by atoms with Crippen LogP contribution in [0.15, 0.2) is 65.6 Å². The summed E-state index contributed by atoms with van der Waals surface area (Å²) in [4.78, 5) is 23.1. The molecule has 0 radical (unpaired) electrons. The van der Waals surface area contributed by atoms with Crippen molar-refractivity contribution in [3.63, 3.8) is 0 Å². The van der Waals surface area contributed by atoms with E-state index < -0.39 is 43.2 Å². The molecule has 0 aliphatic carbocycles. The van der Waals surface area contributed by atoms with Gasteiger partial charge in [-0.05, 0) is 48.5 Å². The van der Waals surface area contributed by atoms with Gasteiger partial charge in [-0.3, -0.25) is 9.52 Å². The molecule has 10 nitrogen and oxygen atoms in total. The molecule has 0 aromatic heterocycles. The van der Waals surface area contributed by atoms with Crippen LogP contribution in [0, 0.1) is 10.7 Å². The molecule has 0 aliphatic rings. The van der Waals surface area contributed by atoms with Gasteiger partial charge in [0.2, 0.25) is 0 Å². The molecule has 4 N–H and O–H groups in total. The first-order chi connectivity index (χ1) is 15.8. The zero-order valence-electron chi connectivity index (χ0n) is 16.9. The Hall–Kier alpha value is -3.46. The van der Waals surface area contributed by atoms with E-state index in [4.69, 9.17) is 4.74 Å². The van der Waals surface area contributed by atoms with Crippen LogP contribution in [0.4, 0.5) is 27.1 Å². The summed E-state index contributed by atoms with van der Waals surface area (Å²) >= 11 is -1.52. The van der Waals surface area contributed by atoms with Gasteiger partial charge in [-0.1, -0.05) is 6.07 Å². The number of anilines is 3. The van der Waals surface area contributed by atoms with E-state index in [2.05, 4.69) is 13.6 Å². The van der Waals surface area contributed by atoms with Gasteiger partial charge >= 0.3 is 0 Å². The molecule has 0 fully saturated rings. The normalized spacial score (nSPS) is 10.8. The van der Waals surface area contributed by atoms with E-state index in [0.717, 1.165) is 18.2 Å². The Balaban J connectivity index is 1.86. The molecular formula is C20H17FIN4O6S+. The number of halogens is 2. The SMILES string of the molecule is COc1ccc(NI=O)cc1NS(=O)(=O)c1cccc(C(=O)Nc2ccc(F)c([NH+]=O)c2)c1. The lowest BCUT2D eigenvalue weighted by Crippen LogP contribution is -2.56. The van der Waals surface area contributed by atoms with Gasteiger partial charge in [0.25, 0.3) is 43.1 Å². The standard InChI is InChI=1S/C20H16FIN4O6S/c1-32-19-8-6-14(24-22-28)11-18(19)26-33(30,31)15-4-2-3-12(9-15)20(27)23-13-5-7-16(21)17(10-13)25-29/h2-11,26H,1H3,(H,23,27)(H,24,28)/p+1. The summed E-state index contributed by atoms with van der Waals surface area (Å²) in [7, 11) is -2.76. The molecule has 0 bridgehead atoms. The molecule has 0 heterocycles. The molecule has 3 rings (SSSR count). The van der Waals surface area contributed by atoms with E-state index >= 15 is 0 Å². The van der Waals surface area contributed by atoms with E-state index in [0.29, 0.717) is 5.69 Å². The Kier molecular flexibility index (Phi) is 7.65. The second-order valence-corrected chi connectivity index (χ2v) is 9.13. The zero-order valence-corrected chi connectivity index (χ0v) is 19.9. The first-order valence-electron chi connectivity index (χ1n) is 9.09. The molecule has 1 amide bonds. The number of sulfonamides is 1. The van der Waals surface area contributed by atoms with Crippen LogP contribution >= 0.6 is 21.5 Å². The predicted molar refractivity (Wildman–Crippen MR) is 127 cm³/mol. The van der Waals surface area contributed by atoms with Crippen molar-refractivity contribution in [3.05, 3.63) is 77.0 Å². The van der Waals surface area contributed by atoms with Crippen LogP contribution in [0.25, 0.3) is 0 Å². The van der Waals surface area contributed by atoms with Crippen LogP contribution in [-0.4, -0.2) is 21.4 Å². The van der Waals surface area contributed by atoms with Gasteiger partial charge < -0.3 is 13.6 Å². The maximum absolute atomic E-state index is 13.4. The molecule has 0 saturated heterocycles. The number of hydrogen-bond donors (Lipinski definition) is 4.